The second-order valence-corrected chi connectivity index (χ2v) is 6.33. The van der Waals surface area contributed by atoms with Gasteiger partial charge in [-0.15, -0.1) is 17.8 Å². The third-order valence-electron chi connectivity index (χ3n) is 3.43. The summed E-state index contributed by atoms with van der Waals surface area (Å²) < 4.78 is 1.79. The van der Waals surface area contributed by atoms with Gasteiger partial charge in [0.25, 0.3) is 5.91 Å². The van der Waals surface area contributed by atoms with E-state index in [1.54, 1.807) is 34.7 Å². The predicted octanol–water partition coefficient (Wildman–Crippen LogP) is 3.06. The Balaban J connectivity index is 1.76. The lowest BCUT2D eigenvalue weighted by molar-refractivity contribution is -0.111. The summed E-state index contributed by atoms with van der Waals surface area (Å²) in [5.74, 6) is 1.57. The lowest BCUT2D eigenvalue weighted by Gasteiger charge is -2.09. The molecule has 26 heavy (non-hydrogen) atoms. The van der Waals surface area contributed by atoms with Crippen LogP contribution in [0.3, 0.4) is 0 Å². The molecule has 130 valence electrons. The number of thiazole rings is 1. The van der Waals surface area contributed by atoms with Crippen molar-refractivity contribution in [1.29, 1.82) is 0 Å². The second kappa shape index (κ2) is 7.87. The Kier molecular flexibility index (Phi) is 5.37. The molecule has 0 unspecified atom stereocenters. The molecule has 0 spiro atoms. The normalized spacial score (nSPS) is 10.8. The monoisotopic (exact) mass is 384 g/mol. The molecule has 1 aromatic carbocycles. The molecular weight excluding hydrogens is 372 g/mol. The Morgan fingerprint density at radius 2 is 2.19 bits per heavy atom. The summed E-state index contributed by atoms with van der Waals surface area (Å²) in [4.78, 5) is 29.3. The minimum absolute atomic E-state index is 0.109. The quantitative estimate of drug-likeness (QED) is 0.524. The van der Waals surface area contributed by atoms with Crippen LogP contribution in [0.15, 0.2) is 41.9 Å². The first kappa shape index (κ1) is 17.7. The fourth-order valence-corrected chi connectivity index (χ4v) is 3.28. The number of halogens is 1. The van der Waals surface area contributed by atoms with Crippen LogP contribution in [-0.2, 0) is 4.79 Å². The van der Waals surface area contributed by atoms with Crippen LogP contribution in [0.2, 0.25) is 5.15 Å². The smallest absolute Gasteiger partial charge is 0.254 e. The molecule has 0 saturated carbocycles. The van der Waals surface area contributed by atoms with E-state index >= 15 is 0 Å². The number of carbonyl (C=O) groups excluding carboxylic acids is 2. The number of imidazole rings is 1. The van der Waals surface area contributed by atoms with Crippen LogP contribution >= 0.6 is 22.9 Å². The molecule has 0 aliphatic carbocycles. The van der Waals surface area contributed by atoms with Crippen LogP contribution in [0.4, 0.5) is 5.69 Å². The van der Waals surface area contributed by atoms with Crippen molar-refractivity contribution in [2.45, 2.75) is 0 Å². The molecule has 2 amide bonds. The van der Waals surface area contributed by atoms with Gasteiger partial charge in [-0.25, -0.2) is 4.98 Å². The van der Waals surface area contributed by atoms with Crippen molar-refractivity contribution in [2.75, 3.05) is 11.9 Å². The maximum absolute atomic E-state index is 12.3. The summed E-state index contributed by atoms with van der Waals surface area (Å²) in [6.07, 6.45) is 9.88. The van der Waals surface area contributed by atoms with E-state index in [0.29, 0.717) is 22.1 Å². The van der Waals surface area contributed by atoms with E-state index in [1.165, 1.54) is 17.4 Å². The number of aromatic nitrogens is 2. The molecule has 0 atom stereocenters. The molecule has 2 heterocycles. The van der Waals surface area contributed by atoms with Crippen LogP contribution in [0, 0.1) is 12.3 Å². The largest absolute Gasteiger partial charge is 0.341 e. The van der Waals surface area contributed by atoms with Gasteiger partial charge in [0, 0.05) is 17.7 Å². The van der Waals surface area contributed by atoms with E-state index in [0.717, 1.165) is 4.96 Å². The standard InChI is InChI=1S/C18H13ClN4O2S/c1-2-9-20-17(25)12-5-3-4-6-13(12)21-15(24)8-7-14-16(19)22-18-23(14)10-11-26-18/h1,3-8,10-11H,9H2,(H,20,25)(H,21,24)/b8-7+. The van der Waals surface area contributed by atoms with Gasteiger partial charge in [-0.2, -0.15) is 0 Å². The number of amides is 2. The Labute approximate surface area is 158 Å². The fraction of sp³-hybridized carbons (Fsp3) is 0.0556. The van der Waals surface area contributed by atoms with Crippen molar-refractivity contribution in [3.05, 3.63) is 58.3 Å². The molecule has 0 aliphatic rings. The number of benzene rings is 1. The van der Waals surface area contributed by atoms with Gasteiger partial charge in [0.1, 0.15) is 0 Å². The Morgan fingerprint density at radius 1 is 1.38 bits per heavy atom. The minimum atomic E-state index is -0.400. The maximum atomic E-state index is 12.3. The molecule has 0 fully saturated rings. The van der Waals surface area contributed by atoms with Crippen molar-refractivity contribution in [2.24, 2.45) is 0 Å². The number of hydrogen-bond donors (Lipinski definition) is 2. The molecule has 8 heteroatoms. The number of carbonyl (C=O) groups is 2. The Hall–Kier alpha value is -3.08. The zero-order valence-electron chi connectivity index (χ0n) is 13.4. The summed E-state index contributed by atoms with van der Waals surface area (Å²) in [6, 6.07) is 6.67. The van der Waals surface area contributed by atoms with Crippen LogP contribution in [0.5, 0.6) is 0 Å². The highest BCUT2D eigenvalue weighted by atomic mass is 35.5. The SMILES string of the molecule is C#CCNC(=O)c1ccccc1NC(=O)/C=C/c1c(Cl)nc2sccn12. The number of terminal acetylenes is 1. The zero-order chi connectivity index (χ0) is 18.5. The zero-order valence-corrected chi connectivity index (χ0v) is 15.0. The van der Waals surface area contributed by atoms with E-state index in [1.807, 2.05) is 11.6 Å². The number of rotatable bonds is 5. The first-order valence-corrected chi connectivity index (χ1v) is 8.76. The van der Waals surface area contributed by atoms with Crippen LogP contribution in [-0.4, -0.2) is 27.7 Å². The van der Waals surface area contributed by atoms with Crippen molar-refractivity contribution in [3.63, 3.8) is 0 Å². The predicted molar refractivity (Wildman–Crippen MR) is 103 cm³/mol. The molecule has 3 rings (SSSR count). The molecule has 0 saturated heterocycles. The minimum Gasteiger partial charge on any atom is -0.341 e. The van der Waals surface area contributed by atoms with Crippen LogP contribution in [0.25, 0.3) is 11.0 Å². The molecule has 2 N–H and O–H groups in total. The highest BCUT2D eigenvalue weighted by Crippen LogP contribution is 2.22. The van der Waals surface area contributed by atoms with Crippen molar-refractivity contribution < 1.29 is 9.59 Å². The lowest BCUT2D eigenvalue weighted by Crippen LogP contribution is -2.25. The average Bonchev–Trinajstić information content (AvgIpc) is 3.19. The van der Waals surface area contributed by atoms with Gasteiger partial charge in [0.05, 0.1) is 23.5 Å². The van der Waals surface area contributed by atoms with Crippen molar-refractivity contribution in [1.82, 2.24) is 14.7 Å². The highest BCUT2D eigenvalue weighted by molar-refractivity contribution is 7.15. The van der Waals surface area contributed by atoms with E-state index < -0.39 is 5.91 Å². The average molecular weight is 385 g/mol. The van der Waals surface area contributed by atoms with E-state index in [2.05, 4.69) is 21.5 Å². The van der Waals surface area contributed by atoms with Crippen molar-refractivity contribution in [3.8, 4) is 12.3 Å². The van der Waals surface area contributed by atoms with E-state index in [9.17, 15) is 9.59 Å². The van der Waals surface area contributed by atoms with Crippen LogP contribution in [0.1, 0.15) is 16.1 Å². The number of anilines is 1. The number of nitrogens with zero attached hydrogens (tertiary/aromatic N) is 2. The number of para-hydroxylation sites is 1. The number of nitrogens with one attached hydrogen (secondary N) is 2. The van der Waals surface area contributed by atoms with Gasteiger partial charge in [0.15, 0.2) is 10.1 Å². The molecule has 6 nitrogen and oxygen atoms in total. The summed E-state index contributed by atoms with van der Waals surface area (Å²) >= 11 is 7.54. The highest BCUT2D eigenvalue weighted by Gasteiger charge is 2.12. The third kappa shape index (κ3) is 3.77. The summed E-state index contributed by atoms with van der Waals surface area (Å²) in [6.45, 7) is 0.109. The summed E-state index contributed by atoms with van der Waals surface area (Å²) in [7, 11) is 0. The Morgan fingerprint density at radius 3 is 3.00 bits per heavy atom. The maximum Gasteiger partial charge on any atom is 0.254 e. The summed E-state index contributed by atoms with van der Waals surface area (Å²) in [5, 5.41) is 7.44. The molecule has 2 aromatic heterocycles. The van der Waals surface area contributed by atoms with Gasteiger partial charge < -0.3 is 10.6 Å². The second-order valence-electron chi connectivity index (χ2n) is 5.10. The van der Waals surface area contributed by atoms with E-state index in [-0.39, 0.29) is 12.5 Å². The molecule has 0 bridgehead atoms. The summed E-state index contributed by atoms with van der Waals surface area (Å²) in [5.41, 5.74) is 1.32. The van der Waals surface area contributed by atoms with Gasteiger partial charge in [-0.05, 0) is 18.2 Å². The molecule has 0 aliphatic heterocycles. The fourth-order valence-electron chi connectivity index (χ4n) is 2.27. The first-order chi connectivity index (χ1) is 12.6. The van der Waals surface area contributed by atoms with E-state index in [4.69, 9.17) is 18.0 Å². The van der Waals surface area contributed by atoms with Gasteiger partial charge >= 0.3 is 0 Å². The molecular formula is C18H13ClN4O2S. The first-order valence-electron chi connectivity index (χ1n) is 7.51. The van der Waals surface area contributed by atoms with Crippen LogP contribution < -0.4 is 10.6 Å². The molecule has 0 radical (unpaired) electrons. The van der Waals surface area contributed by atoms with Gasteiger partial charge in [-0.3, -0.25) is 14.0 Å². The van der Waals surface area contributed by atoms with Gasteiger partial charge in [0.2, 0.25) is 5.91 Å². The Bertz CT molecular complexity index is 1050. The van der Waals surface area contributed by atoms with Gasteiger partial charge in [-0.1, -0.05) is 29.7 Å². The lowest BCUT2D eigenvalue weighted by atomic mass is 10.1. The topological polar surface area (TPSA) is 75.5 Å². The molecule has 3 aromatic rings. The number of fused-ring (bicyclic) bond motifs is 1. The van der Waals surface area contributed by atoms with Crippen molar-refractivity contribution >= 4 is 51.5 Å². The number of hydrogen-bond acceptors (Lipinski definition) is 4. The third-order valence-corrected chi connectivity index (χ3v) is 4.46.